The lowest BCUT2D eigenvalue weighted by Crippen LogP contribution is -2.56. The number of carbonyl (C=O) groups excluding carboxylic acids is 3. The van der Waals surface area contributed by atoms with Crippen LogP contribution in [-0.2, 0) is 23.9 Å². The normalized spacial score (nSPS) is 45.1. The van der Waals surface area contributed by atoms with E-state index in [2.05, 4.69) is 26.0 Å². The van der Waals surface area contributed by atoms with Gasteiger partial charge in [-0.1, -0.05) is 24.6 Å². The molecule has 1 spiro atoms. The smallest absolute Gasteiger partial charge is 0.303 e. The number of esters is 1. The zero-order chi connectivity index (χ0) is 19.9. The number of hydrogen-bond donors (Lipinski definition) is 0. The molecule has 5 aliphatic rings. The highest BCUT2D eigenvalue weighted by molar-refractivity contribution is 6.01. The van der Waals surface area contributed by atoms with Gasteiger partial charge in [-0.15, -0.1) is 0 Å². The lowest BCUT2D eigenvalue weighted by atomic mass is 9.47. The molecule has 0 bridgehead atoms. The molecule has 4 aliphatic carbocycles. The van der Waals surface area contributed by atoms with E-state index in [4.69, 9.17) is 9.47 Å². The lowest BCUT2D eigenvalue weighted by Gasteiger charge is -2.54. The summed E-state index contributed by atoms with van der Waals surface area (Å²) >= 11 is 0. The number of ether oxygens (including phenoxy) is 2. The van der Waals surface area contributed by atoms with Crippen LogP contribution in [-0.4, -0.2) is 35.8 Å². The molecule has 5 heteroatoms. The highest BCUT2D eigenvalue weighted by Crippen LogP contribution is 2.74. The van der Waals surface area contributed by atoms with Crippen LogP contribution in [0.1, 0.15) is 46.5 Å². The van der Waals surface area contributed by atoms with Crippen LogP contribution in [0.15, 0.2) is 35.5 Å². The average molecular weight is 382 g/mol. The Bertz CT molecular complexity index is 895. The van der Waals surface area contributed by atoms with Crippen molar-refractivity contribution in [3.63, 3.8) is 0 Å². The zero-order valence-electron chi connectivity index (χ0n) is 16.6. The summed E-state index contributed by atoms with van der Waals surface area (Å²) in [7, 11) is 0. The summed E-state index contributed by atoms with van der Waals surface area (Å²) in [5.74, 6) is 0.249. The van der Waals surface area contributed by atoms with Crippen molar-refractivity contribution in [3.8, 4) is 0 Å². The molecule has 2 saturated carbocycles. The van der Waals surface area contributed by atoms with E-state index in [1.165, 1.54) is 12.5 Å². The first-order chi connectivity index (χ1) is 13.2. The van der Waals surface area contributed by atoms with Crippen molar-refractivity contribution in [2.45, 2.75) is 58.2 Å². The molecule has 1 heterocycles. The predicted molar refractivity (Wildman–Crippen MR) is 101 cm³/mol. The fourth-order valence-corrected chi connectivity index (χ4v) is 6.90. The number of Topliss-reactive ketones (excluding diaryl/α,β-unsaturated/α-hetero) is 1. The number of rotatable bonds is 3. The quantitative estimate of drug-likeness (QED) is 0.554. The lowest BCUT2D eigenvalue weighted by molar-refractivity contribution is -0.145. The van der Waals surface area contributed by atoms with E-state index in [1.54, 1.807) is 12.2 Å². The first kappa shape index (κ1) is 18.0. The standard InChI is InChI=1S/C23H26O5/c1-13(24)27-12-19(26)18-7-6-16-17-5-4-14-10-15(25)8-9-22(14,3)23(17)20(28-23)11-21(16,18)2/h7-10,16-17,20H,4-6,11-12H2,1-3H3/t16-,17?,20+,21-,22-,23-/m0/s1. The Labute approximate surface area is 164 Å². The molecular formula is C23H26O5. The highest BCUT2D eigenvalue weighted by Gasteiger charge is 2.78. The number of carbonyl (C=O) groups is 3. The molecule has 0 aromatic rings. The minimum absolute atomic E-state index is 0.0704. The number of fused-ring (bicyclic) bond motifs is 3. The molecule has 0 amide bonds. The zero-order valence-corrected chi connectivity index (χ0v) is 16.6. The van der Waals surface area contributed by atoms with Gasteiger partial charge in [0.1, 0.15) is 5.60 Å². The second kappa shape index (κ2) is 5.53. The molecule has 5 rings (SSSR count). The highest BCUT2D eigenvalue weighted by atomic mass is 16.6. The number of epoxide rings is 1. The van der Waals surface area contributed by atoms with Gasteiger partial charge in [-0.25, -0.2) is 0 Å². The van der Waals surface area contributed by atoms with E-state index in [0.717, 1.165) is 31.3 Å². The van der Waals surface area contributed by atoms with Crippen molar-refractivity contribution >= 4 is 17.5 Å². The SMILES string of the molecule is CC(=O)OCC(=O)C1=CC[C@H]2C3CCC4=CC(=O)C=C[C@]4(C)[C@]34O[C@@H]4C[C@]12C. The maximum absolute atomic E-state index is 12.8. The predicted octanol–water partition coefficient (Wildman–Crippen LogP) is 3.09. The van der Waals surface area contributed by atoms with E-state index in [-0.39, 0.29) is 40.7 Å². The van der Waals surface area contributed by atoms with Gasteiger partial charge in [-0.3, -0.25) is 14.4 Å². The molecule has 0 N–H and O–H groups in total. The van der Waals surface area contributed by atoms with Crippen molar-refractivity contribution in [2.75, 3.05) is 6.61 Å². The molecular weight excluding hydrogens is 356 g/mol. The van der Waals surface area contributed by atoms with Crippen LogP contribution < -0.4 is 0 Å². The Balaban J connectivity index is 1.46. The van der Waals surface area contributed by atoms with Crippen LogP contribution in [0, 0.1) is 22.7 Å². The molecule has 148 valence electrons. The molecule has 0 aromatic heterocycles. The van der Waals surface area contributed by atoms with Crippen molar-refractivity contribution in [1.82, 2.24) is 0 Å². The third kappa shape index (κ3) is 2.08. The van der Waals surface area contributed by atoms with Gasteiger partial charge in [0.15, 0.2) is 18.2 Å². The largest absolute Gasteiger partial charge is 0.457 e. The van der Waals surface area contributed by atoms with E-state index in [0.29, 0.717) is 11.8 Å². The maximum Gasteiger partial charge on any atom is 0.303 e. The van der Waals surface area contributed by atoms with E-state index >= 15 is 0 Å². The molecule has 0 aromatic carbocycles. The number of ketones is 2. The van der Waals surface area contributed by atoms with E-state index in [1.807, 2.05) is 0 Å². The Morgan fingerprint density at radius 3 is 2.82 bits per heavy atom. The van der Waals surface area contributed by atoms with Crippen LogP contribution >= 0.6 is 0 Å². The topological polar surface area (TPSA) is 73.0 Å². The fraction of sp³-hybridized carbons (Fsp3) is 0.609. The van der Waals surface area contributed by atoms with Crippen LogP contribution in [0.2, 0.25) is 0 Å². The maximum atomic E-state index is 12.8. The Morgan fingerprint density at radius 2 is 2.07 bits per heavy atom. The number of allylic oxidation sites excluding steroid dienone is 3. The van der Waals surface area contributed by atoms with Gasteiger partial charge < -0.3 is 9.47 Å². The third-order valence-corrected chi connectivity index (χ3v) is 8.22. The Hall–Kier alpha value is -2.01. The van der Waals surface area contributed by atoms with E-state index < -0.39 is 5.97 Å². The van der Waals surface area contributed by atoms with Crippen LogP contribution in [0.25, 0.3) is 0 Å². The minimum Gasteiger partial charge on any atom is -0.457 e. The van der Waals surface area contributed by atoms with Gasteiger partial charge in [0, 0.05) is 23.3 Å². The van der Waals surface area contributed by atoms with Gasteiger partial charge in [-0.2, -0.15) is 0 Å². The molecule has 0 radical (unpaired) electrons. The van der Waals surface area contributed by atoms with Crippen molar-refractivity contribution in [2.24, 2.45) is 22.7 Å². The van der Waals surface area contributed by atoms with Gasteiger partial charge in [0.25, 0.3) is 0 Å². The molecule has 5 nitrogen and oxygen atoms in total. The summed E-state index contributed by atoms with van der Waals surface area (Å²) in [6.45, 7) is 5.54. The van der Waals surface area contributed by atoms with Crippen LogP contribution in [0.5, 0.6) is 0 Å². The summed E-state index contributed by atoms with van der Waals surface area (Å²) < 4.78 is 11.4. The fourth-order valence-electron chi connectivity index (χ4n) is 6.90. The Kier molecular flexibility index (Phi) is 3.57. The molecule has 1 saturated heterocycles. The first-order valence-corrected chi connectivity index (χ1v) is 10.2. The second-order valence-electron chi connectivity index (χ2n) is 9.44. The first-order valence-electron chi connectivity index (χ1n) is 10.2. The summed E-state index contributed by atoms with van der Waals surface area (Å²) in [6, 6.07) is 0. The second-order valence-corrected chi connectivity index (χ2v) is 9.44. The van der Waals surface area contributed by atoms with Gasteiger partial charge in [-0.05, 0) is 56.6 Å². The van der Waals surface area contributed by atoms with Crippen molar-refractivity contribution < 1.29 is 23.9 Å². The monoisotopic (exact) mass is 382 g/mol. The molecule has 1 unspecified atom stereocenters. The molecule has 3 fully saturated rings. The van der Waals surface area contributed by atoms with Crippen molar-refractivity contribution in [1.29, 1.82) is 0 Å². The number of hydrogen-bond acceptors (Lipinski definition) is 5. The van der Waals surface area contributed by atoms with Crippen LogP contribution in [0.3, 0.4) is 0 Å². The van der Waals surface area contributed by atoms with E-state index in [9.17, 15) is 14.4 Å². The summed E-state index contributed by atoms with van der Waals surface area (Å²) in [6.07, 6.45) is 11.3. The summed E-state index contributed by atoms with van der Waals surface area (Å²) in [4.78, 5) is 35.8. The average Bonchev–Trinajstić information content (AvgIpc) is 3.25. The Morgan fingerprint density at radius 1 is 1.29 bits per heavy atom. The van der Waals surface area contributed by atoms with Crippen LogP contribution in [0.4, 0.5) is 0 Å². The van der Waals surface area contributed by atoms with Gasteiger partial charge >= 0.3 is 5.97 Å². The summed E-state index contributed by atoms with van der Waals surface area (Å²) in [5.41, 5.74) is 1.28. The molecule has 28 heavy (non-hydrogen) atoms. The molecule has 6 atom stereocenters. The van der Waals surface area contributed by atoms with Crippen molar-refractivity contribution in [3.05, 3.63) is 35.5 Å². The minimum atomic E-state index is -0.431. The van der Waals surface area contributed by atoms with Gasteiger partial charge in [0.2, 0.25) is 0 Å². The van der Waals surface area contributed by atoms with Gasteiger partial charge in [0.05, 0.1) is 6.10 Å². The summed E-state index contributed by atoms with van der Waals surface area (Å²) in [5, 5.41) is 0. The third-order valence-electron chi connectivity index (χ3n) is 8.22. The molecule has 1 aliphatic heterocycles.